The molecular formula is C17H16F3NO4. The zero-order chi connectivity index (χ0) is 19.1. The highest BCUT2D eigenvalue weighted by atomic mass is 19.4. The first kappa shape index (κ1) is 20.1. The quantitative estimate of drug-likeness (QED) is 0.447. The maximum absolute atomic E-state index is 13.6. The topological polar surface area (TPSA) is 55.8 Å². The van der Waals surface area contributed by atoms with Crippen molar-refractivity contribution in [1.29, 1.82) is 0 Å². The molecule has 1 aromatic rings. The van der Waals surface area contributed by atoms with Crippen molar-refractivity contribution in [2.45, 2.75) is 18.3 Å². The number of halogens is 3. The Morgan fingerprint density at radius 1 is 1.32 bits per heavy atom. The van der Waals surface area contributed by atoms with Crippen molar-refractivity contribution in [3.63, 3.8) is 0 Å². The molecule has 1 aromatic carbocycles. The molecule has 0 aliphatic rings. The lowest BCUT2D eigenvalue weighted by Crippen LogP contribution is -2.65. The molecule has 0 fully saturated rings. The average Bonchev–Trinajstić information content (AvgIpc) is 2.59. The Labute approximate surface area is 143 Å². The summed E-state index contributed by atoms with van der Waals surface area (Å²) in [6.45, 7) is 1.90. The lowest BCUT2D eigenvalue weighted by molar-refractivity contribution is -0.219. The van der Waals surface area contributed by atoms with E-state index >= 15 is 0 Å². The summed E-state index contributed by atoms with van der Waals surface area (Å²) in [6, 6.07) is 8.29. The van der Waals surface area contributed by atoms with Gasteiger partial charge in [-0.05, 0) is 11.6 Å². The Morgan fingerprint density at radius 2 is 1.92 bits per heavy atom. The second kappa shape index (κ2) is 8.24. The summed E-state index contributed by atoms with van der Waals surface area (Å²) < 4.78 is 50.0. The van der Waals surface area contributed by atoms with Crippen molar-refractivity contribution in [3.8, 4) is 12.3 Å². The molecule has 0 saturated heterocycles. The predicted octanol–water partition coefficient (Wildman–Crippen LogP) is 2.92. The first-order valence-corrected chi connectivity index (χ1v) is 6.95. The summed E-state index contributed by atoms with van der Waals surface area (Å²) >= 11 is 0. The van der Waals surface area contributed by atoms with Crippen LogP contribution >= 0.6 is 0 Å². The monoisotopic (exact) mass is 355 g/mol. The summed E-state index contributed by atoms with van der Waals surface area (Å²) in [5.41, 5.74) is -2.91. The zero-order valence-corrected chi connectivity index (χ0v) is 13.4. The maximum atomic E-state index is 13.6. The van der Waals surface area contributed by atoms with Crippen LogP contribution in [0.3, 0.4) is 0 Å². The molecule has 8 heteroatoms. The van der Waals surface area contributed by atoms with Crippen LogP contribution < -0.4 is 0 Å². The Balaban J connectivity index is 3.20. The molecule has 134 valence electrons. The van der Waals surface area contributed by atoms with Crippen molar-refractivity contribution in [1.82, 2.24) is 4.90 Å². The van der Waals surface area contributed by atoms with Gasteiger partial charge in [-0.3, -0.25) is 4.90 Å². The fourth-order valence-electron chi connectivity index (χ4n) is 2.07. The zero-order valence-electron chi connectivity index (χ0n) is 13.4. The van der Waals surface area contributed by atoms with Gasteiger partial charge in [0.25, 0.3) is 5.54 Å². The lowest BCUT2D eigenvalue weighted by atomic mass is 9.96. The SMILES string of the molecule is C#CCN(C(=O)OCc1ccccc1)C(C=C)(C(=O)OC)C(F)(F)F. The first-order valence-electron chi connectivity index (χ1n) is 6.95. The highest BCUT2D eigenvalue weighted by Crippen LogP contribution is 2.38. The van der Waals surface area contributed by atoms with Crippen molar-refractivity contribution < 1.29 is 32.2 Å². The van der Waals surface area contributed by atoms with Gasteiger partial charge in [0.05, 0.1) is 13.7 Å². The third-order valence-electron chi connectivity index (χ3n) is 3.32. The van der Waals surface area contributed by atoms with E-state index < -0.39 is 30.3 Å². The fraction of sp³-hybridized carbons (Fsp3) is 0.294. The normalized spacial score (nSPS) is 13.1. The first-order chi connectivity index (χ1) is 11.7. The van der Waals surface area contributed by atoms with Gasteiger partial charge >= 0.3 is 18.2 Å². The van der Waals surface area contributed by atoms with E-state index in [4.69, 9.17) is 11.2 Å². The van der Waals surface area contributed by atoms with Crippen LogP contribution in [0.15, 0.2) is 43.0 Å². The molecule has 1 unspecified atom stereocenters. The van der Waals surface area contributed by atoms with Crippen LogP contribution in [0.25, 0.3) is 0 Å². The van der Waals surface area contributed by atoms with Crippen LogP contribution in [0.2, 0.25) is 0 Å². The number of nitrogens with zero attached hydrogens (tertiary/aromatic N) is 1. The standard InChI is InChI=1S/C17H16F3NO4/c1-4-11-21(15(23)25-12-13-9-7-6-8-10-13)16(5-2,14(22)24-3)17(18,19)20/h1,5-10H,2,11-12H2,3H3. The van der Waals surface area contributed by atoms with E-state index in [-0.39, 0.29) is 17.6 Å². The Hall–Kier alpha value is -2.95. The molecule has 1 rings (SSSR count). The summed E-state index contributed by atoms with van der Waals surface area (Å²) in [4.78, 5) is 24.2. The molecule has 0 radical (unpaired) electrons. The van der Waals surface area contributed by atoms with E-state index in [0.29, 0.717) is 5.56 Å². The second-order valence-electron chi connectivity index (χ2n) is 4.79. The molecule has 0 spiro atoms. The highest BCUT2D eigenvalue weighted by molar-refractivity contribution is 5.89. The van der Waals surface area contributed by atoms with E-state index in [0.717, 1.165) is 7.11 Å². The van der Waals surface area contributed by atoms with Gasteiger partial charge in [-0.15, -0.1) is 6.42 Å². The Bertz CT molecular complexity index is 667. The molecule has 5 nitrogen and oxygen atoms in total. The number of methoxy groups -OCH3 is 1. The largest absolute Gasteiger partial charge is 0.467 e. The van der Waals surface area contributed by atoms with Gasteiger partial charge in [0, 0.05) is 0 Å². The molecule has 0 N–H and O–H groups in total. The molecule has 0 aromatic heterocycles. The minimum absolute atomic E-state index is 0.0643. The van der Waals surface area contributed by atoms with Gasteiger partial charge in [0.2, 0.25) is 0 Å². The van der Waals surface area contributed by atoms with E-state index in [1.165, 1.54) is 0 Å². The molecule has 0 aliphatic carbocycles. The molecule has 1 atom stereocenters. The Kier molecular flexibility index (Phi) is 6.62. The van der Waals surface area contributed by atoms with Gasteiger partial charge in [-0.25, -0.2) is 9.59 Å². The van der Waals surface area contributed by atoms with Crippen LogP contribution in [0.4, 0.5) is 18.0 Å². The van der Waals surface area contributed by atoms with Crippen molar-refractivity contribution >= 4 is 12.1 Å². The number of hydrogen-bond donors (Lipinski definition) is 0. The summed E-state index contributed by atoms with van der Waals surface area (Å²) in [5.74, 6) is 0.159. The molecule has 25 heavy (non-hydrogen) atoms. The second-order valence-corrected chi connectivity index (χ2v) is 4.79. The van der Waals surface area contributed by atoms with Gasteiger partial charge in [-0.2, -0.15) is 13.2 Å². The van der Waals surface area contributed by atoms with E-state index in [1.807, 2.05) is 5.92 Å². The van der Waals surface area contributed by atoms with Gasteiger partial charge < -0.3 is 9.47 Å². The molecule has 0 bridgehead atoms. The van der Waals surface area contributed by atoms with Crippen LogP contribution in [-0.4, -0.2) is 42.3 Å². The van der Waals surface area contributed by atoms with Crippen LogP contribution in [0.5, 0.6) is 0 Å². The van der Waals surface area contributed by atoms with E-state index in [2.05, 4.69) is 11.3 Å². The van der Waals surface area contributed by atoms with Crippen LogP contribution in [-0.2, 0) is 20.9 Å². The number of carbonyl (C=O) groups excluding carboxylic acids is 2. The highest BCUT2D eigenvalue weighted by Gasteiger charge is 2.65. The molecule has 0 heterocycles. The summed E-state index contributed by atoms with van der Waals surface area (Å²) in [7, 11) is 0.760. The van der Waals surface area contributed by atoms with Crippen molar-refractivity contribution in [2.75, 3.05) is 13.7 Å². The number of amides is 1. The molecule has 0 aliphatic heterocycles. The summed E-state index contributed by atoms with van der Waals surface area (Å²) in [6.07, 6.45) is -1.32. The van der Waals surface area contributed by atoms with Crippen LogP contribution in [0, 0.1) is 12.3 Å². The van der Waals surface area contributed by atoms with Gasteiger partial charge in [0.1, 0.15) is 6.61 Å². The van der Waals surface area contributed by atoms with Crippen molar-refractivity contribution in [2.24, 2.45) is 0 Å². The predicted molar refractivity (Wildman–Crippen MR) is 83.2 cm³/mol. The van der Waals surface area contributed by atoms with Gasteiger partial charge in [0.15, 0.2) is 0 Å². The number of terminal acetylenes is 1. The third-order valence-corrected chi connectivity index (χ3v) is 3.32. The minimum Gasteiger partial charge on any atom is -0.467 e. The lowest BCUT2D eigenvalue weighted by Gasteiger charge is -2.38. The number of alkyl halides is 3. The van der Waals surface area contributed by atoms with Crippen molar-refractivity contribution in [3.05, 3.63) is 48.6 Å². The smallest absolute Gasteiger partial charge is 0.426 e. The van der Waals surface area contributed by atoms with Gasteiger partial charge in [-0.1, -0.05) is 42.8 Å². The number of rotatable bonds is 6. The average molecular weight is 355 g/mol. The van der Waals surface area contributed by atoms with E-state index in [9.17, 15) is 22.8 Å². The molecular weight excluding hydrogens is 339 g/mol. The fourth-order valence-corrected chi connectivity index (χ4v) is 2.07. The summed E-state index contributed by atoms with van der Waals surface area (Å²) in [5, 5.41) is 0. The number of hydrogen-bond acceptors (Lipinski definition) is 4. The maximum Gasteiger partial charge on any atom is 0.426 e. The Morgan fingerprint density at radius 3 is 2.36 bits per heavy atom. The van der Waals surface area contributed by atoms with Crippen LogP contribution in [0.1, 0.15) is 5.56 Å². The number of esters is 1. The number of carbonyl (C=O) groups is 2. The molecule has 0 saturated carbocycles. The van der Waals surface area contributed by atoms with E-state index in [1.54, 1.807) is 30.3 Å². The third kappa shape index (κ3) is 4.12. The molecule has 1 amide bonds. The number of benzene rings is 1. The number of ether oxygens (including phenoxy) is 2. The minimum atomic E-state index is -5.22.